The minimum Gasteiger partial charge on any atom is -0.353 e. The number of rotatable bonds is 3. The van der Waals surface area contributed by atoms with Crippen LogP contribution in [-0.4, -0.2) is 43.5 Å². The molecule has 3 heterocycles. The highest BCUT2D eigenvalue weighted by atomic mass is 19.1. The third-order valence-corrected chi connectivity index (χ3v) is 4.16. The number of H-pyrrole nitrogens is 1. The van der Waals surface area contributed by atoms with Crippen LogP contribution < -0.4 is 10.9 Å². The van der Waals surface area contributed by atoms with Crippen LogP contribution in [0, 0.1) is 5.82 Å². The van der Waals surface area contributed by atoms with Crippen molar-refractivity contribution in [3.8, 4) is 0 Å². The monoisotopic (exact) mass is 342 g/mol. The number of benzene rings is 1. The van der Waals surface area contributed by atoms with Gasteiger partial charge in [-0.3, -0.25) is 19.6 Å². The molecule has 1 aliphatic rings. The molecule has 1 aliphatic heterocycles. The maximum atomic E-state index is 13.6. The average molecular weight is 342 g/mol. The number of hydrogen-bond acceptors (Lipinski definition) is 5. The molecular weight excluding hydrogens is 327 g/mol. The number of nitrogens with zero attached hydrogens (tertiary/aromatic N) is 4. The third-order valence-electron chi connectivity index (χ3n) is 4.16. The lowest BCUT2D eigenvalue weighted by atomic mass is 10.0. The summed E-state index contributed by atoms with van der Waals surface area (Å²) in [6.07, 6.45) is 1.39. The van der Waals surface area contributed by atoms with E-state index in [9.17, 15) is 14.0 Å². The highest BCUT2D eigenvalue weighted by Crippen LogP contribution is 2.25. The van der Waals surface area contributed by atoms with Gasteiger partial charge in [0, 0.05) is 25.7 Å². The molecule has 1 fully saturated rings. The molecule has 8 nitrogen and oxygen atoms in total. The van der Waals surface area contributed by atoms with E-state index in [1.54, 1.807) is 12.1 Å². The number of carbonyl (C=O) groups excluding carboxylic acids is 1. The van der Waals surface area contributed by atoms with Crippen molar-refractivity contribution in [2.75, 3.05) is 13.1 Å². The van der Waals surface area contributed by atoms with Crippen LogP contribution in [0.5, 0.6) is 0 Å². The fourth-order valence-electron chi connectivity index (χ4n) is 3.08. The summed E-state index contributed by atoms with van der Waals surface area (Å²) >= 11 is 0. The number of hydrogen-bond donors (Lipinski definition) is 2. The van der Waals surface area contributed by atoms with Crippen LogP contribution in [0.1, 0.15) is 17.3 Å². The Balaban J connectivity index is 1.68. The van der Waals surface area contributed by atoms with E-state index < -0.39 is 11.9 Å². The van der Waals surface area contributed by atoms with E-state index in [-0.39, 0.29) is 23.8 Å². The molecule has 1 saturated heterocycles. The fraction of sp³-hybridized carbons (Fsp3) is 0.250. The van der Waals surface area contributed by atoms with Crippen molar-refractivity contribution in [2.45, 2.75) is 12.6 Å². The summed E-state index contributed by atoms with van der Waals surface area (Å²) in [6, 6.07) is 6.74. The quantitative estimate of drug-likeness (QED) is 0.710. The molecule has 0 spiro atoms. The van der Waals surface area contributed by atoms with Gasteiger partial charge in [0.05, 0.1) is 5.69 Å². The van der Waals surface area contributed by atoms with Gasteiger partial charge < -0.3 is 5.32 Å². The summed E-state index contributed by atoms with van der Waals surface area (Å²) in [5.74, 6) is -0.328. The Morgan fingerprint density at radius 3 is 3.00 bits per heavy atom. The molecule has 1 unspecified atom stereocenters. The van der Waals surface area contributed by atoms with E-state index in [2.05, 4.69) is 20.4 Å². The lowest BCUT2D eigenvalue weighted by Gasteiger charge is -2.35. The topological polar surface area (TPSA) is 95.4 Å². The summed E-state index contributed by atoms with van der Waals surface area (Å²) in [4.78, 5) is 34.6. The Kier molecular flexibility index (Phi) is 3.77. The second-order valence-electron chi connectivity index (χ2n) is 5.83. The number of amides is 1. The Morgan fingerprint density at radius 1 is 1.28 bits per heavy atom. The van der Waals surface area contributed by atoms with Gasteiger partial charge in [-0.2, -0.15) is 4.52 Å². The van der Waals surface area contributed by atoms with Crippen LogP contribution >= 0.6 is 0 Å². The number of aromatic amines is 1. The molecule has 1 atom stereocenters. The van der Waals surface area contributed by atoms with Gasteiger partial charge in [0.15, 0.2) is 0 Å². The number of fused-ring (bicyclic) bond motifs is 1. The van der Waals surface area contributed by atoms with Gasteiger partial charge in [0.25, 0.3) is 11.3 Å². The zero-order chi connectivity index (χ0) is 17.4. The van der Waals surface area contributed by atoms with E-state index in [0.29, 0.717) is 24.3 Å². The highest BCUT2D eigenvalue weighted by Gasteiger charge is 2.31. The normalized spacial score (nSPS) is 18.4. The number of carbonyl (C=O) groups is 1. The number of halogens is 1. The first kappa shape index (κ1) is 15.5. The highest BCUT2D eigenvalue weighted by molar-refractivity contribution is 5.83. The average Bonchev–Trinajstić information content (AvgIpc) is 3.04. The van der Waals surface area contributed by atoms with Crippen molar-refractivity contribution in [1.82, 2.24) is 29.8 Å². The van der Waals surface area contributed by atoms with Crippen molar-refractivity contribution in [2.24, 2.45) is 0 Å². The van der Waals surface area contributed by atoms with Crippen LogP contribution in [0.25, 0.3) is 5.78 Å². The molecule has 2 N–H and O–H groups in total. The van der Waals surface area contributed by atoms with E-state index in [1.807, 2.05) is 4.90 Å². The Labute approximate surface area is 141 Å². The van der Waals surface area contributed by atoms with Gasteiger partial charge in [0.2, 0.25) is 5.91 Å². The van der Waals surface area contributed by atoms with E-state index >= 15 is 0 Å². The molecule has 3 aromatic rings. The predicted molar refractivity (Wildman–Crippen MR) is 86.2 cm³/mol. The number of nitrogens with one attached hydrogen (secondary N) is 2. The molecule has 1 aromatic carbocycles. The Hall–Kier alpha value is -3.07. The minimum atomic E-state index is -0.635. The van der Waals surface area contributed by atoms with Crippen LogP contribution in [0.4, 0.5) is 4.39 Å². The smallest absolute Gasteiger partial charge is 0.274 e. The molecule has 128 valence electrons. The van der Waals surface area contributed by atoms with Gasteiger partial charge in [-0.1, -0.05) is 12.1 Å². The van der Waals surface area contributed by atoms with Gasteiger partial charge in [-0.05, 0) is 17.7 Å². The summed E-state index contributed by atoms with van der Waals surface area (Å²) in [7, 11) is 0. The van der Waals surface area contributed by atoms with E-state index in [0.717, 1.165) is 0 Å². The lowest BCUT2D eigenvalue weighted by molar-refractivity contribution is -0.129. The van der Waals surface area contributed by atoms with E-state index in [4.69, 9.17) is 0 Å². The van der Waals surface area contributed by atoms with Crippen molar-refractivity contribution >= 4 is 11.7 Å². The first-order chi connectivity index (χ1) is 12.1. The maximum Gasteiger partial charge on any atom is 0.274 e. The van der Waals surface area contributed by atoms with Crippen molar-refractivity contribution in [3.05, 3.63) is 64.1 Å². The molecule has 0 bridgehead atoms. The van der Waals surface area contributed by atoms with Crippen molar-refractivity contribution in [1.29, 1.82) is 0 Å². The summed E-state index contributed by atoms with van der Waals surface area (Å²) in [6.45, 7) is 1.33. The maximum absolute atomic E-state index is 13.6. The number of piperazine rings is 1. The van der Waals surface area contributed by atoms with Crippen molar-refractivity contribution < 1.29 is 9.18 Å². The molecule has 9 heteroatoms. The first-order valence-electron chi connectivity index (χ1n) is 7.81. The Bertz CT molecular complexity index is 997. The summed E-state index contributed by atoms with van der Waals surface area (Å²) in [5, 5.41) is 5.47. The standard InChI is InChI=1S/C16H15FN6O2/c17-11-3-1-2-10(6-11)14-15(25)18-4-5-22(14)8-12-7-13(24)23-16(21-12)19-9-20-23/h1-3,6-7,9,14H,4-5,8H2,(H,18,25)(H,19,20,21). The zero-order valence-electron chi connectivity index (χ0n) is 13.1. The molecular formula is C16H15FN6O2. The van der Waals surface area contributed by atoms with E-state index in [1.165, 1.54) is 29.0 Å². The number of aromatic nitrogens is 4. The van der Waals surface area contributed by atoms with Crippen LogP contribution in [0.3, 0.4) is 0 Å². The van der Waals surface area contributed by atoms with Gasteiger partial charge in [-0.25, -0.2) is 14.4 Å². The van der Waals surface area contributed by atoms with Crippen LogP contribution in [-0.2, 0) is 11.3 Å². The zero-order valence-corrected chi connectivity index (χ0v) is 13.1. The SMILES string of the molecule is O=C1NCCN(Cc2cc(=O)n3[nH]cnc3n2)C1c1cccc(F)c1. The van der Waals surface area contributed by atoms with Gasteiger partial charge in [-0.15, -0.1) is 0 Å². The van der Waals surface area contributed by atoms with Crippen LogP contribution in [0.15, 0.2) is 41.5 Å². The largest absolute Gasteiger partial charge is 0.353 e. The van der Waals surface area contributed by atoms with Crippen molar-refractivity contribution in [3.63, 3.8) is 0 Å². The molecule has 4 rings (SSSR count). The van der Waals surface area contributed by atoms with Crippen LogP contribution in [0.2, 0.25) is 0 Å². The Morgan fingerprint density at radius 2 is 2.16 bits per heavy atom. The second-order valence-corrected chi connectivity index (χ2v) is 5.83. The third kappa shape index (κ3) is 2.89. The lowest BCUT2D eigenvalue weighted by Crippen LogP contribution is -2.49. The molecule has 25 heavy (non-hydrogen) atoms. The molecule has 2 aromatic heterocycles. The molecule has 1 amide bonds. The fourth-order valence-corrected chi connectivity index (χ4v) is 3.08. The summed E-state index contributed by atoms with van der Waals surface area (Å²) < 4.78 is 14.8. The molecule has 0 saturated carbocycles. The van der Waals surface area contributed by atoms with Gasteiger partial charge >= 0.3 is 0 Å². The minimum absolute atomic E-state index is 0.200. The molecule has 0 aliphatic carbocycles. The van der Waals surface area contributed by atoms with Gasteiger partial charge in [0.1, 0.15) is 18.2 Å². The molecule has 0 radical (unpaired) electrons. The predicted octanol–water partition coefficient (Wildman–Crippen LogP) is 0.230. The second kappa shape index (κ2) is 6.10. The summed E-state index contributed by atoms with van der Waals surface area (Å²) in [5.41, 5.74) is 0.796. The first-order valence-corrected chi connectivity index (χ1v) is 7.81.